The molecule has 0 aliphatic carbocycles. The van der Waals surface area contributed by atoms with E-state index >= 15 is 0 Å². The van der Waals surface area contributed by atoms with Gasteiger partial charge in [0, 0.05) is 35.5 Å². The van der Waals surface area contributed by atoms with Gasteiger partial charge < -0.3 is 4.52 Å². The maximum Gasteiger partial charge on any atom is 0.243 e. The number of sulfonamides is 1. The van der Waals surface area contributed by atoms with Gasteiger partial charge in [-0.2, -0.15) is 9.29 Å². The van der Waals surface area contributed by atoms with Crippen LogP contribution in [-0.2, 0) is 10.0 Å². The van der Waals surface area contributed by atoms with Crippen molar-refractivity contribution in [1.29, 1.82) is 0 Å². The van der Waals surface area contributed by atoms with Gasteiger partial charge >= 0.3 is 0 Å². The molecule has 0 N–H and O–H groups in total. The SMILES string of the molecule is O=S(=O)(c1ccc(Br)cc1)N1CCC[C@H](c2nc(-c3cccnc3)no2)C1. The average molecular weight is 449 g/mol. The van der Waals surface area contributed by atoms with Crippen molar-refractivity contribution in [1.82, 2.24) is 19.4 Å². The summed E-state index contributed by atoms with van der Waals surface area (Å²) < 4.78 is 33.6. The summed E-state index contributed by atoms with van der Waals surface area (Å²) in [5.74, 6) is 0.803. The van der Waals surface area contributed by atoms with E-state index in [1.165, 1.54) is 4.31 Å². The normalized spacial score (nSPS) is 18.5. The van der Waals surface area contributed by atoms with Crippen LogP contribution in [0, 0.1) is 0 Å². The molecule has 1 aromatic carbocycles. The van der Waals surface area contributed by atoms with Crippen molar-refractivity contribution < 1.29 is 12.9 Å². The quantitative estimate of drug-likeness (QED) is 0.606. The van der Waals surface area contributed by atoms with Crippen LogP contribution in [0.15, 0.2) is 62.7 Å². The van der Waals surface area contributed by atoms with Gasteiger partial charge in [0.1, 0.15) is 0 Å². The van der Waals surface area contributed by atoms with Crippen LogP contribution in [0.5, 0.6) is 0 Å². The Balaban J connectivity index is 1.55. The van der Waals surface area contributed by atoms with Gasteiger partial charge in [0.15, 0.2) is 0 Å². The Bertz CT molecular complexity index is 1020. The first-order chi connectivity index (χ1) is 13.0. The molecule has 3 heterocycles. The molecule has 140 valence electrons. The smallest absolute Gasteiger partial charge is 0.243 e. The largest absolute Gasteiger partial charge is 0.339 e. The first-order valence-electron chi connectivity index (χ1n) is 8.54. The maximum absolute atomic E-state index is 12.9. The molecule has 1 aliphatic heterocycles. The molecule has 1 atom stereocenters. The van der Waals surface area contributed by atoms with Crippen LogP contribution >= 0.6 is 15.9 Å². The number of hydrogen-bond acceptors (Lipinski definition) is 6. The zero-order valence-corrected chi connectivity index (χ0v) is 16.7. The lowest BCUT2D eigenvalue weighted by molar-refractivity contribution is 0.265. The third-order valence-electron chi connectivity index (χ3n) is 4.55. The number of aromatic nitrogens is 3. The molecular weight excluding hydrogens is 432 g/mol. The van der Waals surface area contributed by atoms with Crippen molar-refractivity contribution in [2.75, 3.05) is 13.1 Å². The van der Waals surface area contributed by atoms with Crippen LogP contribution in [0.2, 0.25) is 0 Å². The van der Waals surface area contributed by atoms with Crippen molar-refractivity contribution >= 4 is 26.0 Å². The highest BCUT2D eigenvalue weighted by molar-refractivity contribution is 9.10. The van der Waals surface area contributed by atoms with E-state index < -0.39 is 10.0 Å². The number of piperidine rings is 1. The summed E-state index contributed by atoms with van der Waals surface area (Å²) in [7, 11) is -3.55. The third-order valence-corrected chi connectivity index (χ3v) is 6.95. The highest BCUT2D eigenvalue weighted by atomic mass is 79.9. The highest BCUT2D eigenvalue weighted by Gasteiger charge is 2.33. The summed E-state index contributed by atoms with van der Waals surface area (Å²) in [5.41, 5.74) is 0.766. The van der Waals surface area contributed by atoms with Crippen LogP contribution in [0.4, 0.5) is 0 Å². The minimum Gasteiger partial charge on any atom is -0.339 e. The Morgan fingerprint density at radius 3 is 2.74 bits per heavy atom. The maximum atomic E-state index is 12.9. The summed E-state index contributed by atoms with van der Waals surface area (Å²) in [6.07, 6.45) is 4.89. The van der Waals surface area contributed by atoms with Crippen LogP contribution in [-0.4, -0.2) is 40.9 Å². The highest BCUT2D eigenvalue weighted by Crippen LogP contribution is 2.30. The molecule has 3 aromatic rings. The van der Waals surface area contributed by atoms with E-state index in [1.54, 1.807) is 42.7 Å². The lowest BCUT2D eigenvalue weighted by Crippen LogP contribution is -2.39. The van der Waals surface area contributed by atoms with Gasteiger partial charge in [-0.25, -0.2) is 8.42 Å². The van der Waals surface area contributed by atoms with E-state index in [4.69, 9.17) is 4.52 Å². The lowest BCUT2D eigenvalue weighted by atomic mass is 10.00. The molecule has 0 saturated carbocycles. The molecule has 1 saturated heterocycles. The molecule has 27 heavy (non-hydrogen) atoms. The van der Waals surface area contributed by atoms with Crippen molar-refractivity contribution in [3.63, 3.8) is 0 Å². The fourth-order valence-corrected chi connectivity index (χ4v) is 4.92. The molecule has 0 bridgehead atoms. The summed E-state index contributed by atoms with van der Waals surface area (Å²) in [4.78, 5) is 8.80. The third kappa shape index (κ3) is 3.80. The first kappa shape index (κ1) is 18.3. The molecule has 0 radical (unpaired) electrons. The van der Waals surface area contributed by atoms with E-state index in [0.717, 1.165) is 22.9 Å². The minimum absolute atomic E-state index is 0.123. The van der Waals surface area contributed by atoms with Crippen molar-refractivity contribution in [3.8, 4) is 11.4 Å². The number of rotatable bonds is 4. The molecule has 4 rings (SSSR count). The van der Waals surface area contributed by atoms with Gasteiger partial charge in [-0.1, -0.05) is 21.1 Å². The van der Waals surface area contributed by atoms with Crippen LogP contribution in [0.25, 0.3) is 11.4 Å². The van der Waals surface area contributed by atoms with Crippen molar-refractivity contribution in [2.45, 2.75) is 23.7 Å². The average Bonchev–Trinajstić information content (AvgIpc) is 3.19. The summed E-state index contributed by atoms with van der Waals surface area (Å²) >= 11 is 3.33. The van der Waals surface area contributed by atoms with E-state index in [1.807, 2.05) is 6.07 Å². The van der Waals surface area contributed by atoms with Crippen LogP contribution < -0.4 is 0 Å². The second-order valence-electron chi connectivity index (χ2n) is 6.35. The van der Waals surface area contributed by atoms with Gasteiger partial charge in [-0.15, -0.1) is 0 Å². The predicted octanol–water partition coefficient (Wildman–Crippen LogP) is 3.46. The van der Waals surface area contributed by atoms with Crippen LogP contribution in [0.1, 0.15) is 24.7 Å². The molecule has 2 aromatic heterocycles. The van der Waals surface area contributed by atoms with Crippen molar-refractivity contribution in [3.05, 3.63) is 59.2 Å². The van der Waals surface area contributed by atoms with E-state index in [9.17, 15) is 8.42 Å². The number of pyridine rings is 1. The van der Waals surface area contributed by atoms with Gasteiger partial charge in [0.2, 0.25) is 21.7 Å². The topological polar surface area (TPSA) is 89.2 Å². The second-order valence-corrected chi connectivity index (χ2v) is 9.21. The summed E-state index contributed by atoms with van der Waals surface area (Å²) in [6.45, 7) is 0.811. The standard InChI is InChI=1S/C18H17BrN4O3S/c19-15-5-7-16(8-6-15)27(24,25)23-10-2-4-14(12-23)18-21-17(22-26-18)13-3-1-9-20-11-13/h1,3,5-9,11,14H,2,4,10,12H2/t14-/m0/s1. The van der Waals surface area contributed by atoms with E-state index in [-0.39, 0.29) is 10.8 Å². The fourth-order valence-electron chi connectivity index (χ4n) is 3.13. The Morgan fingerprint density at radius 2 is 2.00 bits per heavy atom. The Hall–Kier alpha value is -2.10. The number of benzene rings is 1. The fraction of sp³-hybridized carbons (Fsp3) is 0.278. The van der Waals surface area contributed by atoms with Gasteiger partial charge in [0.05, 0.1) is 10.8 Å². The molecule has 0 spiro atoms. The summed E-state index contributed by atoms with van der Waals surface area (Å²) in [6, 6.07) is 10.3. The molecule has 0 amide bonds. The van der Waals surface area contributed by atoms with E-state index in [2.05, 4.69) is 31.1 Å². The van der Waals surface area contributed by atoms with Gasteiger partial charge in [-0.3, -0.25) is 4.98 Å². The molecule has 1 fully saturated rings. The number of nitrogens with zero attached hydrogens (tertiary/aromatic N) is 4. The Kier molecular flexibility index (Phi) is 5.07. The van der Waals surface area contributed by atoms with Gasteiger partial charge in [0.25, 0.3) is 0 Å². The molecule has 0 unspecified atom stereocenters. The monoisotopic (exact) mass is 448 g/mol. The molecular formula is C18H17BrN4O3S. The molecule has 9 heteroatoms. The lowest BCUT2D eigenvalue weighted by Gasteiger charge is -2.30. The number of hydrogen-bond donors (Lipinski definition) is 0. The zero-order valence-electron chi connectivity index (χ0n) is 14.3. The van der Waals surface area contributed by atoms with Crippen LogP contribution in [0.3, 0.4) is 0 Å². The second kappa shape index (κ2) is 7.49. The Morgan fingerprint density at radius 1 is 1.19 bits per heavy atom. The molecule has 1 aliphatic rings. The van der Waals surface area contributed by atoms with Crippen molar-refractivity contribution in [2.24, 2.45) is 0 Å². The number of halogens is 1. The Labute approximate surface area is 165 Å². The summed E-state index contributed by atoms with van der Waals surface area (Å²) in [5, 5.41) is 4.02. The molecule has 7 nitrogen and oxygen atoms in total. The minimum atomic E-state index is -3.55. The zero-order chi connectivity index (χ0) is 18.9. The van der Waals surface area contributed by atoms with E-state index in [0.29, 0.717) is 24.8 Å². The predicted molar refractivity (Wildman–Crippen MR) is 102 cm³/mol. The van der Waals surface area contributed by atoms with Gasteiger partial charge in [-0.05, 0) is 49.2 Å². The first-order valence-corrected chi connectivity index (χ1v) is 10.8.